The second kappa shape index (κ2) is 16.3. The Hall–Kier alpha value is -8.30. The van der Waals surface area contributed by atoms with Crippen molar-refractivity contribution in [1.29, 1.82) is 16.2 Å². The quantitative estimate of drug-likeness (QED) is 0.0587. The van der Waals surface area contributed by atoms with E-state index in [0.717, 1.165) is 24.3 Å². The van der Waals surface area contributed by atoms with Gasteiger partial charge in [0, 0.05) is 50.5 Å². The van der Waals surface area contributed by atoms with E-state index in [-0.39, 0.29) is 51.0 Å². The molecule has 0 aliphatic carbocycles. The zero-order chi connectivity index (χ0) is 45.4. The van der Waals surface area contributed by atoms with Crippen LogP contribution in [0.4, 0.5) is 17.1 Å². The van der Waals surface area contributed by atoms with Crippen LogP contribution in [0.25, 0.3) is 47.2 Å². The number of rotatable bonds is 12. The van der Waals surface area contributed by atoms with Gasteiger partial charge in [-0.3, -0.25) is 0 Å². The van der Waals surface area contributed by atoms with E-state index in [1.807, 2.05) is 0 Å². The SMILES string of the molecule is CCCOC(=O)c1cc(OS(=O)(=O)c2cc([N+]#N)c(O)c3ccccc23)c(OS(=O)(=O)c2cccc3c(O)c([N+]#N)ccc23)c(OS(=O)(=O)c2cc([N+]#N)c(O)c3ccccc23)c1. The first kappa shape index (κ1) is 42.8. The number of aromatic hydroxyl groups is 3. The van der Waals surface area contributed by atoms with Gasteiger partial charge < -0.3 is 32.6 Å². The molecule has 0 heterocycles. The lowest BCUT2D eigenvalue weighted by Gasteiger charge is -2.19. The summed E-state index contributed by atoms with van der Waals surface area (Å²) in [5.41, 5.74) is -2.30. The molecular weight excluding hydrogens is 885 g/mol. The Kier molecular flexibility index (Phi) is 11.1. The third kappa shape index (κ3) is 7.79. The topological polar surface area (TPSA) is 302 Å². The predicted molar refractivity (Wildman–Crippen MR) is 222 cm³/mol. The number of hydrogen-bond donors (Lipinski definition) is 3. The van der Waals surface area contributed by atoms with Crippen LogP contribution in [-0.4, -0.2) is 53.1 Å². The largest absolute Gasteiger partial charge is 0.501 e. The summed E-state index contributed by atoms with van der Waals surface area (Å²) in [6.07, 6.45) is 0.285. The maximum absolute atomic E-state index is 14.4. The van der Waals surface area contributed by atoms with Gasteiger partial charge in [-0.15, -0.1) is 0 Å². The molecule has 0 unspecified atom stereocenters. The molecular formula is C40H27N6O14S3+3. The van der Waals surface area contributed by atoms with Gasteiger partial charge in [-0.05, 0) is 18.6 Å². The summed E-state index contributed by atoms with van der Waals surface area (Å²) in [6, 6.07) is 19.0. The monoisotopic (exact) mass is 911 g/mol. The smallest absolute Gasteiger partial charge is 0.428 e. The first-order chi connectivity index (χ1) is 30.0. The van der Waals surface area contributed by atoms with Gasteiger partial charge >= 0.3 is 53.4 Å². The van der Waals surface area contributed by atoms with Crippen molar-refractivity contribution in [3.05, 3.63) is 124 Å². The van der Waals surface area contributed by atoms with E-state index in [2.05, 4.69) is 14.9 Å². The van der Waals surface area contributed by atoms with Crippen molar-refractivity contribution >= 4 is 85.7 Å². The number of diazo groups is 3. The second-order valence-corrected chi connectivity index (χ2v) is 17.8. The number of benzene rings is 7. The molecule has 7 rings (SSSR count). The van der Waals surface area contributed by atoms with Gasteiger partial charge in [0.15, 0.2) is 26.4 Å². The van der Waals surface area contributed by atoms with Crippen molar-refractivity contribution in [2.75, 3.05) is 6.61 Å². The molecule has 0 bridgehead atoms. The number of esters is 1. The second-order valence-electron chi connectivity index (χ2n) is 13.2. The first-order valence-corrected chi connectivity index (χ1v) is 22.2. The maximum atomic E-state index is 14.4. The third-order valence-corrected chi connectivity index (χ3v) is 13.1. The van der Waals surface area contributed by atoms with Crippen molar-refractivity contribution in [2.24, 2.45) is 0 Å². The first-order valence-electron chi connectivity index (χ1n) is 17.9. The summed E-state index contributed by atoms with van der Waals surface area (Å²) in [5, 5.41) is 59.6. The van der Waals surface area contributed by atoms with Gasteiger partial charge in [0.25, 0.3) is 0 Å². The van der Waals surface area contributed by atoms with Crippen LogP contribution in [0, 0.1) is 16.2 Å². The van der Waals surface area contributed by atoms with Crippen LogP contribution >= 0.6 is 0 Å². The minimum atomic E-state index is -5.34. The van der Waals surface area contributed by atoms with Gasteiger partial charge in [-0.1, -0.05) is 67.6 Å². The fourth-order valence-electron chi connectivity index (χ4n) is 6.45. The Bertz CT molecular complexity index is 3430. The molecule has 0 aromatic heterocycles. The summed E-state index contributed by atoms with van der Waals surface area (Å²) in [5.74, 6) is -6.83. The molecule has 7 aromatic rings. The van der Waals surface area contributed by atoms with E-state index in [4.69, 9.17) is 17.3 Å². The predicted octanol–water partition coefficient (Wildman–Crippen LogP) is 8.59. The normalized spacial score (nSPS) is 11.7. The number of ether oxygens (including phenoxy) is 1. The van der Waals surface area contributed by atoms with Crippen LogP contribution in [0.1, 0.15) is 23.7 Å². The number of nitrogens with zero attached hydrogens (tertiary/aromatic N) is 6. The lowest BCUT2D eigenvalue weighted by Crippen LogP contribution is -2.18. The van der Waals surface area contributed by atoms with Gasteiger partial charge in [-0.2, -0.15) is 25.3 Å². The van der Waals surface area contributed by atoms with E-state index in [0.29, 0.717) is 24.3 Å². The highest BCUT2D eigenvalue weighted by molar-refractivity contribution is 7.88. The minimum Gasteiger partial charge on any atom is -0.501 e. The molecule has 3 N–H and O–H groups in total. The zero-order valence-electron chi connectivity index (χ0n) is 32.0. The average Bonchev–Trinajstić information content (AvgIpc) is 3.26. The number of carbonyl (C=O) groups excluding carboxylic acids is 1. The lowest BCUT2D eigenvalue weighted by atomic mass is 10.1. The maximum Gasteiger partial charge on any atom is 0.428 e. The molecule has 0 aliphatic heterocycles. The van der Waals surface area contributed by atoms with Crippen LogP contribution in [0.3, 0.4) is 0 Å². The standard InChI is InChI=1S/C40H24N6O14S3/c1-2-16-57-40(50)21-17-31(58-62(53,54)34-19-29(45-42)37(48)25-10-5-3-8-22(25)34)39(60-61(51,52)33-13-7-12-27-24(33)14-15-28(44-41)36(27)47)32(18-21)59-63(55,56)35-20-30(46-43)38(49)26-11-6-4-9-23(26)35/h3-15,17-20H,2,16H2,1H3/p+3. The Labute approximate surface area is 355 Å². The Balaban J connectivity index is 1.51. The van der Waals surface area contributed by atoms with Crippen molar-refractivity contribution in [3.63, 3.8) is 0 Å². The highest BCUT2D eigenvalue weighted by atomic mass is 32.2. The van der Waals surface area contributed by atoms with E-state index in [1.165, 1.54) is 54.6 Å². The Morgan fingerprint density at radius 3 is 1.40 bits per heavy atom. The van der Waals surface area contributed by atoms with Gasteiger partial charge in [0.1, 0.15) is 14.7 Å². The van der Waals surface area contributed by atoms with Crippen molar-refractivity contribution in [2.45, 2.75) is 28.0 Å². The van der Waals surface area contributed by atoms with Crippen molar-refractivity contribution in [1.82, 2.24) is 0 Å². The third-order valence-electron chi connectivity index (χ3n) is 9.30. The highest BCUT2D eigenvalue weighted by Crippen LogP contribution is 2.47. The van der Waals surface area contributed by atoms with E-state index < -0.39 is 102 Å². The molecule has 0 radical (unpaired) electrons. The molecule has 63 heavy (non-hydrogen) atoms. The molecule has 316 valence electrons. The minimum absolute atomic E-state index is 0.146. The van der Waals surface area contributed by atoms with Crippen LogP contribution < -0.4 is 12.5 Å². The molecule has 0 saturated carbocycles. The van der Waals surface area contributed by atoms with Gasteiger partial charge in [0.05, 0.1) is 24.3 Å². The molecule has 20 nitrogen and oxygen atoms in total. The zero-order valence-corrected chi connectivity index (χ0v) is 34.4. The van der Waals surface area contributed by atoms with Gasteiger partial charge in [0.2, 0.25) is 39.2 Å². The summed E-state index contributed by atoms with van der Waals surface area (Å²) >= 11 is 0. The lowest BCUT2D eigenvalue weighted by molar-refractivity contribution is 0.0504. The van der Waals surface area contributed by atoms with Crippen LogP contribution in [0.5, 0.6) is 34.5 Å². The Morgan fingerprint density at radius 1 is 0.524 bits per heavy atom. The highest BCUT2D eigenvalue weighted by Gasteiger charge is 2.36. The number of hydrogen-bond acceptors (Lipinski definition) is 17. The molecule has 0 fully saturated rings. The average molecular weight is 912 g/mol. The van der Waals surface area contributed by atoms with Crippen molar-refractivity contribution in [3.8, 4) is 34.5 Å². The number of phenols is 3. The molecule has 0 amide bonds. The number of phenolic OH excluding ortho intramolecular Hbond substituents is 3. The molecule has 0 saturated heterocycles. The summed E-state index contributed by atoms with van der Waals surface area (Å²) < 4.78 is 108. The summed E-state index contributed by atoms with van der Waals surface area (Å²) in [4.78, 5) is 20.0. The fourth-order valence-corrected chi connectivity index (χ4v) is 9.92. The summed E-state index contributed by atoms with van der Waals surface area (Å²) in [7, 11) is -16.0. The molecule has 0 spiro atoms. The van der Waals surface area contributed by atoms with Crippen molar-refractivity contribution < 1.29 is 62.7 Å². The van der Waals surface area contributed by atoms with E-state index >= 15 is 0 Å². The molecule has 0 aliphatic rings. The number of carbonyl (C=O) groups is 1. The van der Waals surface area contributed by atoms with E-state index in [1.54, 1.807) is 6.92 Å². The fraction of sp³-hybridized carbons (Fsp3) is 0.0750. The van der Waals surface area contributed by atoms with Crippen LogP contribution in [-0.2, 0) is 35.1 Å². The van der Waals surface area contributed by atoms with Gasteiger partial charge in [-0.25, -0.2) is 4.79 Å². The molecule has 23 heteroatoms. The van der Waals surface area contributed by atoms with E-state index in [9.17, 15) is 61.5 Å². The van der Waals surface area contributed by atoms with Crippen LogP contribution in [0.2, 0.25) is 0 Å². The number of fused-ring (bicyclic) bond motifs is 3. The summed E-state index contributed by atoms with van der Waals surface area (Å²) in [6.45, 7) is 1.45. The van der Waals surface area contributed by atoms with Crippen LogP contribution in [0.15, 0.2) is 118 Å². The Morgan fingerprint density at radius 2 is 0.937 bits per heavy atom. The molecule has 0 atom stereocenters. The molecule has 7 aromatic carbocycles.